The van der Waals surface area contributed by atoms with Crippen molar-refractivity contribution in [1.29, 1.82) is 0 Å². The summed E-state index contributed by atoms with van der Waals surface area (Å²) in [6.45, 7) is 0. The van der Waals surface area contributed by atoms with Gasteiger partial charge in [-0.2, -0.15) is 0 Å². The third-order valence-corrected chi connectivity index (χ3v) is 24.5. The zero-order valence-electron chi connectivity index (χ0n) is 35.9. The van der Waals surface area contributed by atoms with E-state index in [0.717, 1.165) is 44.8 Å². The Morgan fingerprint density at radius 2 is 0.612 bits per heavy atom. The number of para-hydroxylation sites is 6. The second kappa shape index (κ2) is 17.0. The Balaban J connectivity index is 0.000000157. The van der Waals surface area contributed by atoms with Crippen LogP contribution in [0.15, 0.2) is 205 Å². The van der Waals surface area contributed by atoms with Crippen LogP contribution in [-0.2, 0) is 16.0 Å². The SMILES string of the molecule is C1=Cc2cc3ccc(cc4nc(cc5ccc(cc1n2)[nH]5)C=C4)[nH]3.c1ccc2c(c1)Nc1c(ccc[c]1[Zn]([c]1cccc3c1Nc1ccccc1S3)[c]1cccc3c1Nc1ccccc1S3)S2. The Bertz CT molecular complexity index is 3300. The van der Waals surface area contributed by atoms with Gasteiger partial charge < -0.3 is 9.97 Å². The van der Waals surface area contributed by atoms with Crippen molar-refractivity contribution in [3.05, 3.63) is 199 Å². The zero-order chi connectivity index (χ0) is 44.3. The van der Waals surface area contributed by atoms with Crippen LogP contribution in [0.5, 0.6) is 0 Å². The first-order valence-electron chi connectivity index (χ1n) is 22.3. The van der Waals surface area contributed by atoms with E-state index >= 15 is 0 Å². The quantitative estimate of drug-likeness (QED) is 0.112. The normalized spacial score (nSPS) is 13.1. The van der Waals surface area contributed by atoms with Crippen LogP contribution in [0.1, 0.15) is 22.8 Å². The van der Waals surface area contributed by atoms with Crippen molar-refractivity contribution < 1.29 is 16.0 Å². The molecule has 5 aliphatic rings. The second-order valence-electron chi connectivity index (χ2n) is 17.0. The summed E-state index contributed by atoms with van der Waals surface area (Å²) < 4.78 is 4.41. The van der Waals surface area contributed by atoms with E-state index in [4.69, 9.17) is 0 Å². The molecule has 14 rings (SSSR count). The second-order valence-corrected chi connectivity index (χ2v) is 27.2. The van der Waals surface area contributed by atoms with E-state index in [-0.39, 0.29) is 0 Å². The maximum absolute atomic E-state index is 4.63. The molecule has 0 aliphatic carbocycles. The molecule has 8 bridgehead atoms. The number of hydrogen-bond donors (Lipinski definition) is 5. The predicted octanol–water partition coefficient (Wildman–Crippen LogP) is 13.9. The minimum atomic E-state index is -3.10. The van der Waals surface area contributed by atoms with E-state index in [0.29, 0.717) is 0 Å². The van der Waals surface area contributed by atoms with E-state index in [1.54, 1.807) is 0 Å². The van der Waals surface area contributed by atoms with Crippen LogP contribution in [0.3, 0.4) is 0 Å². The van der Waals surface area contributed by atoms with Crippen molar-refractivity contribution in [2.24, 2.45) is 0 Å². The average molecular weight is 971 g/mol. The summed E-state index contributed by atoms with van der Waals surface area (Å²) in [5, 5.41) is 11.7. The van der Waals surface area contributed by atoms with E-state index < -0.39 is 16.0 Å². The molecule has 0 atom stereocenters. The molecule has 11 heteroatoms. The van der Waals surface area contributed by atoms with Crippen molar-refractivity contribution in [3.63, 3.8) is 0 Å². The van der Waals surface area contributed by atoms with Gasteiger partial charge in [0.1, 0.15) is 0 Å². The fourth-order valence-corrected chi connectivity index (χ4v) is 22.4. The standard InChI is InChI=1S/C20H14N4.3C12H8NS.Zn/c1-2-14-10-16-5-6-18(23-16)12-20-8-7-19(24-20)11-17-4-3-15(22-17)9-13(1)21-14;3*1-3-7-11-9(5-1)13-10-6-2-4-8-12(10)14-11;/h1-12,21,24H;3*1-5,7-8,13H;. The molecule has 0 spiro atoms. The Labute approximate surface area is 405 Å². The van der Waals surface area contributed by atoms with Gasteiger partial charge in [0.05, 0.1) is 22.8 Å². The van der Waals surface area contributed by atoms with Crippen molar-refractivity contribution in [1.82, 2.24) is 19.9 Å². The number of nitrogens with one attached hydrogen (secondary N) is 5. The first kappa shape index (κ1) is 40.3. The topological polar surface area (TPSA) is 93.5 Å². The van der Waals surface area contributed by atoms with Crippen molar-refractivity contribution >= 4 is 128 Å². The number of rotatable bonds is 3. The molecule has 0 radical (unpaired) electrons. The number of fused-ring (bicyclic) bond motifs is 14. The Kier molecular flexibility index (Phi) is 10.2. The molecule has 0 unspecified atom stereocenters. The molecule has 67 heavy (non-hydrogen) atoms. The molecule has 0 fully saturated rings. The number of aromatic amines is 2. The molecule has 5 N–H and O–H groups in total. The fourth-order valence-electron chi connectivity index (χ4n) is 9.59. The van der Waals surface area contributed by atoms with Gasteiger partial charge in [-0.15, -0.1) is 0 Å². The molecule has 9 aromatic rings. The number of anilines is 6. The summed E-state index contributed by atoms with van der Waals surface area (Å²) in [5.41, 5.74) is 15.2. The number of benzene rings is 6. The molecule has 7 nitrogen and oxygen atoms in total. The van der Waals surface area contributed by atoms with E-state index in [1.165, 1.54) is 76.0 Å². The van der Waals surface area contributed by atoms with E-state index in [1.807, 2.05) is 83.9 Å². The van der Waals surface area contributed by atoms with Crippen molar-refractivity contribution in [2.75, 3.05) is 16.0 Å². The van der Waals surface area contributed by atoms with Gasteiger partial charge in [0.15, 0.2) is 0 Å². The van der Waals surface area contributed by atoms with Crippen LogP contribution in [0.4, 0.5) is 34.1 Å². The van der Waals surface area contributed by atoms with Crippen LogP contribution in [0.2, 0.25) is 0 Å². The van der Waals surface area contributed by atoms with Crippen molar-refractivity contribution in [2.45, 2.75) is 29.4 Å². The van der Waals surface area contributed by atoms with Gasteiger partial charge in [-0.3, -0.25) is 0 Å². The van der Waals surface area contributed by atoms with E-state index in [2.05, 4.69) is 188 Å². The Morgan fingerprint density at radius 3 is 0.940 bits per heavy atom. The molecule has 0 saturated heterocycles. The van der Waals surface area contributed by atoms with Gasteiger partial charge in [0, 0.05) is 22.1 Å². The first-order chi connectivity index (χ1) is 33.1. The molecule has 5 aliphatic heterocycles. The molecular weight excluding hydrogens is 932 g/mol. The predicted molar refractivity (Wildman–Crippen MR) is 279 cm³/mol. The number of aromatic nitrogens is 4. The number of hydrogen-bond acceptors (Lipinski definition) is 8. The monoisotopic (exact) mass is 968 g/mol. The zero-order valence-corrected chi connectivity index (χ0v) is 41.3. The van der Waals surface area contributed by atoms with Crippen LogP contribution in [-0.4, -0.2) is 19.9 Å². The Morgan fingerprint density at radius 1 is 0.313 bits per heavy atom. The minimum absolute atomic E-state index is 0.939. The van der Waals surface area contributed by atoms with Crippen LogP contribution < -0.4 is 28.4 Å². The number of H-pyrrole nitrogens is 2. The summed E-state index contributed by atoms with van der Waals surface area (Å²) in [4.78, 5) is 23.7. The van der Waals surface area contributed by atoms with E-state index in [9.17, 15) is 0 Å². The summed E-state index contributed by atoms with van der Waals surface area (Å²) in [7, 11) is 0. The van der Waals surface area contributed by atoms with Crippen LogP contribution in [0, 0.1) is 0 Å². The van der Waals surface area contributed by atoms with Crippen LogP contribution >= 0.6 is 35.3 Å². The van der Waals surface area contributed by atoms with Crippen molar-refractivity contribution in [3.8, 4) is 0 Å². The number of nitrogens with zero attached hydrogens (tertiary/aromatic N) is 2. The summed E-state index contributed by atoms with van der Waals surface area (Å²) in [6, 6.07) is 63.1. The molecule has 3 aromatic heterocycles. The molecule has 0 amide bonds. The average Bonchev–Trinajstić information content (AvgIpc) is 4.20. The molecule has 8 heterocycles. The summed E-state index contributed by atoms with van der Waals surface area (Å²) in [6.07, 6.45) is 8.09. The molecule has 317 valence electrons. The van der Waals surface area contributed by atoms with Gasteiger partial charge in [-0.05, 0) is 72.8 Å². The van der Waals surface area contributed by atoms with Gasteiger partial charge in [0.25, 0.3) is 0 Å². The van der Waals surface area contributed by atoms with Gasteiger partial charge in [0.2, 0.25) is 0 Å². The molecular formula is C56H38N7S3Zn. The van der Waals surface area contributed by atoms with Crippen LogP contribution in [0.25, 0.3) is 46.4 Å². The third kappa shape index (κ3) is 7.87. The van der Waals surface area contributed by atoms with Gasteiger partial charge in [-0.1, -0.05) is 0 Å². The first-order valence-corrected chi connectivity index (χ1v) is 29.2. The maximum atomic E-state index is 4.63. The molecule has 6 aromatic carbocycles. The third-order valence-electron chi connectivity index (χ3n) is 12.6. The Hall–Kier alpha value is -7.01. The summed E-state index contributed by atoms with van der Waals surface area (Å²) >= 11 is 2.53. The fraction of sp³-hybridized carbons (Fsp3) is 0. The summed E-state index contributed by atoms with van der Waals surface area (Å²) in [5.74, 6) is 0. The molecule has 0 saturated carbocycles. The van der Waals surface area contributed by atoms with Gasteiger partial charge >= 0.3 is 271 Å². The van der Waals surface area contributed by atoms with Gasteiger partial charge in [-0.25, -0.2) is 9.97 Å².